The molecule has 4 rings (SSSR count). The zero-order chi connectivity index (χ0) is 20.9. The summed E-state index contributed by atoms with van der Waals surface area (Å²) in [6, 6.07) is 12.4. The van der Waals surface area contributed by atoms with Crippen molar-refractivity contribution >= 4 is 35.6 Å². The van der Waals surface area contributed by atoms with Gasteiger partial charge in [-0.1, -0.05) is 18.2 Å². The van der Waals surface area contributed by atoms with E-state index in [1.54, 1.807) is 14.2 Å². The molecule has 1 aliphatic heterocycles. The number of nitrogens with zero attached hydrogens (tertiary/aromatic N) is 2. The Hall–Kier alpha value is -2.16. The van der Waals surface area contributed by atoms with E-state index in [0.717, 1.165) is 55.3 Å². The van der Waals surface area contributed by atoms with Crippen LogP contribution in [0.3, 0.4) is 0 Å². The average Bonchev–Trinajstić information content (AvgIpc) is 3.25. The molecule has 0 aromatic heterocycles. The Morgan fingerprint density at radius 3 is 2.81 bits per heavy atom. The van der Waals surface area contributed by atoms with Crippen LogP contribution in [0, 0.1) is 0 Å². The fraction of sp³-hybridized carbons (Fsp3) is 0.458. The number of methoxy groups -OCH3 is 1. The van der Waals surface area contributed by atoms with Crippen LogP contribution in [0.1, 0.15) is 36.0 Å². The third-order valence-corrected chi connectivity index (χ3v) is 6.24. The van der Waals surface area contributed by atoms with Crippen molar-refractivity contribution in [2.75, 3.05) is 32.1 Å². The predicted molar refractivity (Wildman–Crippen MR) is 137 cm³/mol. The molecule has 0 amide bonds. The summed E-state index contributed by atoms with van der Waals surface area (Å²) < 4.78 is 5.52. The van der Waals surface area contributed by atoms with Crippen molar-refractivity contribution in [3.05, 3.63) is 53.1 Å². The molecule has 1 saturated heterocycles. The van der Waals surface area contributed by atoms with Crippen LogP contribution in [-0.4, -0.2) is 44.4 Å². The van der Waals surface area contributed by atoms with E-state index in [2.05, 4.69) is 32.7 Å². The number of phenolic OH excluding ortho intramolecular Hbond substituents is 1. The molecule has 2 aromatic carbocycles. The summed E-state index contributed by atoms with van der Waals surface area (Å²) in [6.07, 6.45) is 5.61. The molecule has 0 saturated carbocycles. The molecule has 31 heavy (non-hydrogen) atoms. The molecule has 1 unspecified atom stereocenters. The first-order chi connectivity index (χ1) is 14.7. The first kappa shape index (κ1) is 23.5. The van der Waals surface area contributed by atoms with Crippen LogP contribution in [0.2, 0.25) is 0 Å². The monoisotopic (exact) mass is 536 g/mol. The van der Waals surface area contributed by atoms with E-state index in [0.29, 0.717) is 18.3 Å². The molecule has 1 fully saturated rings. The molecule has 6 nitrogen and oxygen atoms in total. The van der Waals surface area contributed by atoms with Gasteiger partial charge in [0.2, 0.25) is 0 Å². The van der Waals surface area contributed by atoms with Gasteiger partial charge in [-0.2, -0.15) is 0 Å². The molecule has 2 aliphatic rings. The van der Waals surface area contributed by atoms with Crippen LogP contribution >= 0.6 is 24.0 Å². The number of phenols is 1. The van der Waals surface area contributed by atoms with Crippen molar-refractivity contribution < 1.29 is 9.84 Å². The Morgan fingerprint density at radius 1 is 1.19 bits per heavy atom. The number of anilines is 1. The van der Waals surface area contributed by atoms with E-state index in [9.17, 15) is 5.11 Å². The van der Waals surface area contributed by atoms with Crippen molar-refractivity contribution in [2.45, 2.75) is 44.7 Å². The number of hydrogen-bond donors (Lipinski definition) is 3. The minimum absolute atomic E-state index is 0. The number of aromatic hydroxyl groups is 1. The van der Waals surface area contributed by atoms with Crippen LogP contribution < -0.4 is 20.3 Å². The number of nitrogens with one attached hydrogen (secondary N) is 2. The zero-order valence-electron chi connectivity index (χ0n) is 18.4. The Morgan fingerprint density at radius 2 is 2.00 bits per heavy atom. The van der Waals surface area contributed by atoms with Gasteiger partial charge in [-0.25, -0.2) is 0 Å². The third-order valence-electron chi connectivity index (χ3n) is 6.24. The van der Waals surface area contributed by atoms with Crippen LogP contribution in [0.25, 0.3) is 0 Å². The van der Waals surface area contributed by atoms with E-state index >= 15 is 0 Å². The van der Waals surface area contributed by atoms with Gasteiger partial charge in [0.15, 0.2) is 5.96 Å². The van der Waals surface area contributed by atoms with Crippen molar-refractivity contribution in [3.8, 4) is 11.5 Å². The van der Waals surface area contributed by atoms with Crippen LogP contribution in [0.15, 0.2) is 41.4 Å². The summed E-state index contributed by atoms with van der Waals surface area (Å²) >= 11 is 0. The van der Waals surface area contributed by atoms with Gasteiger partial charge in [-0.05, 0) is 61.4 Å². The number of aryl methyl sites for hydroxylation is 1. The topological polar surface area (TPSA) is 69.1 Å². The van der Waals surface area contributed by atoms with Crippen LogP contribution in [0.5, 0.6) is 11.5 Å². The first-order valence-electron chi connectivity index (χ1n) is 10.9. The van der Waals surface area contributed by atoms with Crippen LogP contribution in [0.4, 0.5) is 5.69 Å². The number of aliphatic imine (C=N–C) groups is 1. The van der Waals surface area contributed by atoms with Gasteiger partial charge < -0.3 is 25.4 Å². The molecular weight excluding hydrogens is 503 g/mol. The van der Waals surface area contributed by atoms with E-state index in [4.69, 9.17) is 4.74 Å². The number of fused-ring (bicyclic) bond motifs is 1. The highest BCUT2D eigenvalue weighted by molar-refractivity contribution is 14.0. The number of halogens is 1. The largest absolute Gasteiger partial charge is 0.508 e. The van der Waals surface area contributed by atoms with Gasteiger partial charge in [0.1, 0.15) is 11.5 Å². The van der Waals surface area contributed by atoms with Gasteiger partial charge in [-0.3, -0.25) is 4.99 Å². The molecule has 1 heterocycles. The number of para-hydroxylation sites is 2. The summed E-state index contributed by atoms with van der Waals surface area (Å²) in [5, 5.41) is 17.4. The highest BCUT2D eigenvalue weighted by Gasteiger charge is 2.25. The minimum Gasteiger partial charge on any atom is -0.508 e. The Balaban J connectivity index is 0.00000272. The van der Waals surface area contributed by atoms with Crippen molar-refractivity contribution in [2.24, 2.45) is 4.99 Å². The van der Waals surface area contributed by atoms with E-state index in [-0.39, 0.29) is 24.0 Å². The lowest BCUT2D eigenvalue weighted by Crippen LogP contribution is -2.44. The molecule has 1 atom stereocenters. The maximum Gasteiger partial charge on any atom is 0.191 e. The molecule has 2 aromatic rings. The van der Waals surface area contributed by atoms with Crippen molar-refractivity contribution in [1.29, 1.82) is 0 Å². The van der Waals surface area contributed by atoms with Crippen molar-refractivity contribution in [3.63, 3.8) is 0 Å². The smallest absolute Gasteiger partial charge is 0.191 e. The number of benzene rings is 2. The lowest BCUT2D eigenvalue weighted by Gasteiger charge is -2.23. The van der Waals surface area contributed by atoms with E-state index < -0.39 is 0 Å². The maximum atomic E-state index is 10.4. The van der Waals surface area contributed by atoms with Gasteiger partial charge in [0, 0.05) is 38.3 Å². The van der Waals surface area contributed by atoms with Gasteiger partial charge in [0.25, 0.3) is 0 Å². The number of rotatable bonds is 5. The number of ether oxygens (including phenoxy) is 1. The van der Waals surface area contributed by atoms with Gasteiger partial charge in [0.05, 0.1) is 12.8 Å². The van der Waals surface area contributed by atoms with E-state index in [1.165, 1.54) is 24.0 Å². The summed E-state index contributed by atoms with van der Waals surface area (Å²) in [4.78, 5) is 6.76. The Kier molecular flexibility index (Phi) is 8.28. The van der Waals surface area contributed by atoms with Gasteiger partial charge in [-0.15, -0.1) is 24.0 Å². The molecule has 3 N–H and O–H groups in total. The lowest BCUT2D eigenvalue weighted by molar-refractivity contribution is 0.415. The minimum atomic E-state index is 0. The standard InChI is InChI=1S/C24H32N4O2.HI/c1-25-24(26-15-20-19-8-4-3-7-17(19)11-12-22(20)29)27-18-13-14-28(16-18)21-9-5-6-10-23(21)30-2;/h5-6,9-12,18,29H,3-4,7-8,13-16H2,1-2H3,(H2,25,26,27);1H. The summed E-state index contributed by atoms with van der Waals surface area (Å²) in [6.45, 7) is 2.45. The number of guanidine groups is 1. The Labute approximate surface area is 202 Å². The zero-order valence-corrected chi connectivity index (χ0v) is 20.7. The normalized spacial score (nSPS) is 18.2. The summed E-state index contributed by atoms with van der Waals surface area (Å²) in [5.74, 6) is 2.06. The molecule has 0 spiro atoms. The van der Waals surface area contributed by atoms with Gasteiger partial charge >= 0.3 is 0 Å². The number of hydrogen-bond acceptors (Lipinski definition) is 4. The molecule has 168 valence electrons. The molecule has 1 aliphatic carbocycles. The predicted octanol–water partition coefficient (Wildman–Crippen LogP) is 3.84. The quantitative estimate of drug-likeness (QED) is 0.308. The maximum absolute atomic E-state index is 10.4. The highest BCUT2D eigenvalue weighted by Crippen LogP contribution is 2.31. The van der Waals surface area contributed by atoms with E-state index in [1.807, 2.05) is 24.3 Å². The summed E-state index contributed by atoms with van der Waals surface area (Å²) in [5.41, 5.74) is 4.83. The lowest BCUT2D eigenvalue weighted by atomic mass is 9.88. The molecular formula is C24H33IN4O2. The average molecular weight is 536 g/mol. The molecule has 0 radical (unpaired) electrons. The van der Waals surface area contributed by atoms with Crippen LogP contribution in [-0.2, 0) is 19.4 Å². The summed E-state index contributed by atoms with van der Waals surface area (Å²) in [7, 11) is 3.51. The molecule has 7 heteroatoms. The second kappa shape index (κ2) is 10.9. The third kappa shape index (κ3) is 5.37. The SMILES string of the molecule is CN=C(NCc1c(O)ccc2c1CCCC2)NC1CCN(c2ccccc2OC)C1.I. The second-order valence-electron chi connectivity index (χ2n) is 8.08. The molecule has 0 bridgehead atoms. The van der Waals surface area contributed by atoms with Crippen molar-refractivity contribution in [1.82, 2.24) is 10.6 Å². The fourth-order valence-electron chi connectivity index (χ4n) is 4.64. The fourth-order valence-corrected chi connectivity index (χ4v) is 4.64. The second-order valence-corrected chi connectivity index (χ2v) is 8.08. The highest BCUT2D eigenvalue weighted by atomic mass is 127. The Bertz CT molecular complexity index is 918. The first-order valence-corrected chi connectivity index (χ1v) is 10.9.